The maximum Gasteiger partial charge on any atom is 0.253 e. The van der Waals surface area contributed by atoms with E-state index in [0.29, 0.717) is 24.8 Å². The van der Waals surface area contributed by atoms with Crippen molar-refractivity contribution in [3.63, 3.8) is 0 Å². The van der Waals surface area contributed by atoms with Crippen molar-refractivity contribution in [2.45, 2.75) is 38.7 Å². The lowest BCUT2D eigenvalue weighted by atomic mass is 9.91. The van der Waals surface area contributed by atoms with Crippen LogP contribution in [0.15, 0.2) is 52.9 Å². The van der Waals surface area contributed by atoms with Gasteiger partial charge < -0.3 is 9.15 Å². The molecular weight excluding hydrogens is 300 g/mol. The molecule has 4 heteroatoms. The first-order chi connectivity index (χ1) is 11.9. The number of benzene rings is 2. The van der Waals surface area contributed by atoms with E-state index < -0.39 is 0 Å². The maximum absolute atomic E-state index is 5.96. The third-order valence-electron chi connectivity index (χ3n) is 4.41. The summed E-state index contributed by atoms with van der Waals surface area (Å²) in [7, 11) is 0. The van der Waals surface area contributed by atoms with E-state index in [1.165, 1.54) is 24.0 Å². The lowest BCUT2D eigenvalue weighted by molar-refractivity contribution is 0.256. The first kappa shape index (κ1) is 14.9. The zero-order valence-electron chi connectivity index (χ0n) is 13.6. The van der Waals surface area contributed by atoms with Crippen LogP contribution in [0.3, 0.4) is 0 Å². The third kappa shape index (κ3) is 3.32. The summed E-state index contributed by atoms with van der Waals surface area (Å²) in [5.41, 5.74) is 3.91. The minimum absolute atomic E-state index is 0.318. The number of hydrogen-bond acceptors (Lipinski definition) is 4. The van der Waals surface area contributed by atoms with Crippen LogP contribution < -0.4 is 4.74 Å². The van der Waals surface area contributed by atoms with Crippen molar-refractivity contribution in [2.75, 3.05) is 0 Å². The molecule has 24 heavy (non-hydrogen) atoms. The van der Waals surface area contributed by atoms with Crippen LogP contribution >= 0.6 is 0 Å². The fourth-order valence-corrected chi connectivity index (χ4v) is 3.21. The van der Waals surface area contributed by atoms with Gasteiger partial charge in [0, 0.05) is 0 Å². The highest BCUT2D eigenvalue weighted by molar-refractivity contribution is 5.41. The second-order valence-electron chi connectivity index (χ2n) is 6.14. The van der Waals surface area contributed by atoms with E-state index in [9.17, 15) is 0 Å². The average molecular weight is 320 g/mol. The van der Waals surface area contributed by atoms with E-state index in [4.69, 9.17) is 9.15 Å². The molecule has 0 radical (unpaired) electrons. The second kappa shape index (κ2) is 6.87. The number of hydrogen-bond donors (Lipinski definition) is 0. The molecule has 1 heterocycles. The Balaban J connectivity index is 1.42. The Bertz CT molecular complexity index is 812. The predicted octanol–water partition coefficient (Wildman–Crippen LogP) is 4.12. The minimum atomic E-state index is 0.318. The number of rotatable bonds is 5. The highest BCUT2D eigenvalue weighted by Gasteiger charge is 2.15. The van der Waals surface area contributed by atoms with Gasteiger partial charge in [-0.2, -0.15) is 0 Å². The first-order valence-corrected chi connectivity index (χ1v) is 8.47. The van der Waals surface area contributed by atoms with Crippen LogP contribution in [0.1, 0.15) is 41.3 Å². The summed E-state index contributed by atoms with van der Waals surface area (Å²) in [6.45, 7) is 0.318. The molecule has 0 fully saturated rings. The molecule has 1 aliphatic rings. The van der Waals surface area contributed by atoms with Gasteiger partial charge in [-0.1, -0.05) is 42.5 Å². The van der Waals surface area contributed by atoms with Crippen molar-refractivity contribution in [3.05, 3.63) is 77.0 Å². The van der Waals surface area contributed by atoms with Crippen LogP contribution in [0.4, 0.5) is 0 Å². The quantitative estimate of drug-likeness (QED) is 0.709. The Kier molecular flexibility index (Phi) is 4.28. The van der Waals surface area contributed by atoms with Gasteiger partial charge in [0.2, 0.25) is 5.89 Å². The van der Waals surface area contributed by atoms with E-state index in [0.717, 1.165) is 24.2 Å². The van der Waals surface area contributed by atoms with Gasteiger partial charge in [-0.3, -0.25) is 0 Å². The summed E-state index contributed by atoms with van der Waals surface area (Å²) in [6, 6.07) is 16.4. The number of aromatic nitrogens is 2. The summed E-state index contributed by atoms with van der Waals surface area (Å²) in [5.74, 6) is 2.10. The zero-order chi connectivity index (χ0) is 16.2. The fraction of sp³-hybridized carbons (Fsp3) is 0.300. The Hall–Kier alpha value is -2.62. The molecule has 122 valence electrons. The number of fused-ring (bicyclic) bond motifs is 1. The van der Waals surface area contributed by atoms with Gasteiger partial charge >= 0.3 is 0 Å². The summed E-state index contributed by atoms with van der Waals surface area (Å²) in [5, 5.41) is 8.21. The zero-order valence-corrected chi connectivity index (χ0v) is 13.6. The van der Waals surface area contributed by atoms with E-state index in [-0.39, 0.29) is 0 Å². The van der Waals surface area contributed by atoms with Gasteiger partial charge in [0.15, 0.2) is 6.61 Å². The predicted molar refractivity (Wildman–Crippen MR) is 91.0 cm³/mol. The fourth-order valence-electron chi connectivity index (χ4n) is 3.21. The standard InChI is InChI=1S/C20H20N2O2/c1-2-7-15(8-3-1)13-19-21-22-20(24-19)14-23-18-12-6-10-16-9-4-5-11-17(16)18/h1-3,6-8,10,12H,4-5,9,11,13-14H2. The molecule has 0 aliphatic heterocycles. The van der Waals surface area contributed by atoms with Crippen LogP contribution in [0.5, 0.6) is 5.75 Å². The monoisotopic (exact) mass is 320 g/mol. The van der Waals surface area contributed by atoms with E-state index in [1.807, 2.05) is 24.3 Å². The second-order valence-corrected chi connectivity index (χ2v) is 6.14. The summed E-state index contributed by atoms with van der Waals surface area (Å²) in [6.07, 6.45) is 5.38. The van der Waals surface area contributed by atoms with Crippen LogP contribution in [0.2, 0.25) is 0 Å². The minimum Gasteiger partial charge on any atom is -0.484 e. The molecule has 4 nitrogen and oxygen atoms in total. The Morgan fingerprint density at radius 2 is 1.71 bits per heavy atom. The molecule has 1 aromatic heterocycles. The molecule has 0 saturated carbocycles. The topological polar surface area (TPSA) is 48.2 Å². The number of nitrogens with zero attached hydrogens (tertiary/aromatic N) is 2. The molecule has 0 saturated heterocycles. The van der Waals surface area contributed by atoms with Gasteiger partial charge in [-0.05, 0) is 48.4 Å². The van der Waals surface area contributed by atoms with Crippen LogP contribution in [0, 0.1) is 0 Å². The van der Waals surface area contributed by atoms with Gasteiger partial charge in [-0.25, -0.2) is 0 Å². The van der Waals surface area contributed by atoms with Gasteiger partial charge in [0.05, 0.1) is 6.42 Å². The Morgan fingerprint density at radius 3 is 2.62 bits per heavy atom. The van der Waals surface area contributed by atoms with Gasteiger partial charge in [-0.15, -0.1) is 10.2 Å². The third-order valence-corrected chi connectivity index (χ3v) is 4.41. The molecule has 0 N–H and O–H groups in total. The Labute approximate surface area is 141 Å². The molecule has 1 aliphatic carbocycles. The molecule has 3 aromatic rings. The van der Waals surface area contributed by atoms with E-state index in [2.05, 4.69) is 34.5 Å². The SMILES string of the molecule is c1ccc(Cc2nnc(COc3cccc4c3CCCC4)o2)cc1. The van der Waals surface area contributed by atoms with E-state index in [1.54, 1.807) is 0 Å². The molecule has 4 rings (SSSR count). The lowest BCUT2D eigenvalue weighted by Gasteiger charge is -2.18. The average Bonchev–Trinajstić information content (AvgIpc) is 3.08. The van der Waals surface area contributed by atoms with Crippen molar-refractivity contribution in [2.24, 2.45) is 0 Å². The highest BCUT2D eigenvalue weighted by atomic mass is 16.5. The molecule has 0 unspecified atom stereocenters. The molecular formula is C20H20N2O2. The smallest absolute Gasteiger partial charge is 0.253 e. The summed E-state index contributed by atoms with van der Waals surface area (Å²) in [4.78, 5) is 0. The van der Waals surface area contributed by atoms with Crippen LogP contribution in [0.25, 0.3) is 0 Å². The van der Waals surface area contributed by atoms with Crippen molar-refractivity contribution in [1.29, 1.82) is 0 Å². The molecule has 0 spiro atoms. The molecule has 0 bridgehead atoms. The van der Waals surface area contributed by atoms with Crippen molar-refractivity contribution in [1.82, 2.24) is 10.2 Å². The van der Waals surface area contributed by atoms with Gasteiger partial charge in [0.25, 0.3) is 5.89 Å². The summed E-state index contributed by atoms with van der Waals surface area (Å²) < 4.78 is 11.7. The first-order valence-electron chi connectivity index (χ1n) is 8.47. The van der Waals surface area contributed by atoms with Crippen LogP contribution in [-0.4, -0.2) is 10.2 Å². The van der Waals surface area contributed by atoms with Crippen LogP contribution in [-0.2, 0) is 25.9 Å². The number of aryl methyl sites for hydroxylation is 1. The van der Waals surface area contributed by atoms with Crippen molar-refractivity contribution < 1.29 is 9.15 Å². The van der Waals surface area contributed by atoms with Gasteiger partial charge in [0.1, 0.15) is 5.75 Å². The normalized spacial score (nSPS) is 13.5. The maximum atomic E-state index is 5.96. The summed E-state index contributed by atoms with van der Waals surface area (Å²) >= 11 is 0. The largest absolute Gasteiger partial charge is 0.484 e. The molecule has 2 aromatic carbocycles. The lowest BCUT2D eigenvalue weighted by Crippen LogP contribution is -2.06. The number of ether oxygens (including phenoxy) is 1. The highest BCUT2D eigenvalue weighted by Crippen LogP contribution is 2.29. The van der Waals surface area contributed by atoms with Crippen molar-refractivity contribution >= 4 is 0 Å². The Morgan fingerprint density at radius 1 is 0.875 bits per heavy atom. The molecule has 0 amide bonds. The van der Waals surface area contributed by atoms with Crippen molar-refractivity contribution in [3.8, 4) is 5.75 Å². The molecule has 0 atom stereocenters. The van der Waals surface area contributed by atoms with E-state index >= 15 is 0 Å².